The van der Waals surface area contributed by atoms with Crippen LogP contribution in [0.3, 0.4) is 0 Å². The highest BCUT2D eigenvalue weighted by Gasteiger charge is 2.35. The third-order valence-electron chi connectivity index (χ3n) is 6.17. The van der Waals surface area contributed by atoms with Crippen LogP contribution in [-0.2, 0) is 6.18 Å². The van der Waals surface area contributed by atoms with Crippen molar-refractivity contribution in [2.45, 2.75) is 25.4 Å². The van der Waals surface area contributed by atoms with Crippen molar-refractivity contribution in [3.05, 3.63) is 119 Å². The Hall–Kier alpha value is -4.73. The number of hydrogen-bond acceptors (Lipinski definition) is 5. The molecule has 2 N–H and O–H groups in total. The van der Waals surface area contributed by atoms with E-state index in [-0.39, 0.29) is 17.7 Å². The van der Waals surface area contributed by atoms with Crippen LogP contribution in [-0.4, -0.2) is 27.2 Å². The fourth-order valence-electron chi connectivity index (χ4n) is 4.37. The van der Waals surface area contributed by atoms with Gasteiger partial charge in [0.2, 0.25) is 0 Å². The number of nitrogens with zero attached hydrogens (tertiary/aromatic N) is 2. The Bertz CT molecular complexity index is 1520. The maximum Gasteiger partial charge on any atom is 0.511 e. The molecule has 4 aromatic rings. The SMILES string of the molecule is Cc1cc(/C(CC(c2ccc(-c3ccc(OC(=O)O)c(F)c3)cc2)c2ccccc2C(F)(F)F)=N/O)ccn1. The fraction of sp³-hybridized carbons (Fsp3) is 0.138. The second kappa shape index (κ2) is 11.3. The number of rotatable bonds is 7. The molecule has 1 unspecified atom stereocenters. The topological polar surface area (TPSA) is 92.0 Å². The third kappa shape index (κ3) is 6.40. The van der Waals surface area contributed by atoms with Crippen molar-refractivity contribution >= 4 is 11.9 Å². The van der Waals surface area contributed by atoms with Gasteiger partial charge in [-0.3, -0.25) is 4.98 Å². The van der Waals surface area contributed by atoms with Crippen molar-refractivity contribution in [3.8, 4) is 16.9 Å². The lowest BCUT2D eigenvalue weighted by molar-refractivity contribution is -0.138. The predicted octanol–water partition coefficient (Wildman–Crippen LogP) is 7.67. The molecule has 4 rings (SSSR count). The summed E-state index contributed by atoms with van der Waals surface area (Å²) in [6.07, 6.45) is -4.79. The van der Waals surface area contributed by atoms with Crippen molar-refractivity contribution < 1.29 is 37.4 Å². The molecule has 0 saturated carbocycles. The first kappa shape index (κ1) is 27.3. The first-order chi connectivity index (χ1) is 18.6. The molecule has 0 aliphatic heterocycles. The van der Waals surface area contributed by atoms with Crippen LogP contribution in [0.1, 0.15) is 40.3 Å². The van der Waals surface area contributed by atoms with E-state index in [1.54, 1.807) is 43.3 Å². The third-order valence-corrected chi connectivity index (χ3v) is 6.17. The van der Waals surface area contributed by atoms with E-state index >= 15 is 0 Å². The fourth-order valence-corrected chi connectivity index (χ4v) is 4.37. The van der Waals surface area contributed by atoms with Crippen molar-refractivity contribution in [1.82, 2.24) is 4.98 Å². The van der Waals surface area contributed by atoms with E-state index in [2.05, 4.69) is 14.9 Å². The molecule has 39 heavy (non-hydrogen) atoms. The zero-order valence-electron chi connectivity index (χ0n) is 20.5. The molecule has 10 heteroatoms. The van der Waals surface area contributed by atoms with Crippen molar-refractivity contribution in [3.63, 3.8) is 0 Å². The molecule has 6 nitrogen and oxygen atoms in total. The van der Waals surface area contributed by atoms with E-state index in [0.717, 1.165) is 12.1 Å². The molecule has 0 saturated heterocycles. The highest BCUT2D eigenvalue weighted by atomic mass is 19.4. The van der Waals surface area contributed by atoms with Gasteiger partial charge >= 0.3 is 12.3 Å². The summed E-state index contributed by atoms with van der Waals surface area (Å²) in [6.45, 7) is 1.75. The van der Waals surface area contributed by atoms with Crippen LogP contribution < -0.4 is 4.74 Å². The second-order valence-electron chi connectivity index (χ2n) is 8.71. The average molecular weight is 538 g/mol. The number of hydrogen-bond donors (Lipinski definition) is 2. The molecular formula is C29H22F4N2O4. The molecule has 3 aromatic carbocycles. The van der Waals surface area contributed by atoms with Crippen LogP contribution in [0, 0.1) is 12.7 Å². The van der Waals surface area contributed by atoms with Gasteiger partial charge in [0.25, 0.3) is 0 Å². The second-order valence-corrected chi connectivity index (χ2v) is 8.71. The molecule has 0 spiro atoms. The largest absolute Gasteiger partial charge is 0.511 e. The summed E-state index contributed by atoms with van der Waals surface area (Å²) in [7, 11) is 0. The van der Waals surface area contributed by atoms with E-state index in [4.69, 9.17) is 5.11 Å². The van der Waals surface area contributed by atoms with Crippen molar-refractivity contribution in [2.24, 2.45) is 5.16 Å². The van der Waals surface area contributed by atoms with Crippen LogP contribution in [0.5, 0.6) is 5.75 Å². The Morgan fingerprint density at radius 3 is 2.31 bits per heavy atom. The molecule has 0 radical (unpaired) electrons. The number of carbonyl (C=O) groups is 1. The quantitative estimate of drug-likeness (QED) is 0.0629. The summed E-state index contributed by atoms with van der Waals surface area (Å²) in [5, 5.41) is 21.9. The first-order valence-corrected chi connectivity index (χ1v) is 11.7. The monoisotopic (exact) mass is 538 g/mol. The number of benzene rings is 3. The minimum absolute atomic E-state index is 0.00546. The summed E-state index contributed by atoms with van der Waals surface area (Å²) >= 11 is 0. The van der Waals surface area contributed by atoms with Crippen LogP contribution in [0.4, 0.5) is 22.4 Å². The predicted molar refractivity (Wildman–Crippen MR) is 136 cm³/mol. The number of oxime groups is 1. The number of pyridine rings is 1. The number of alkyl halides is 3. The number of halogens is 4. The zero-order valence-corrected chi connectivity index (χ0v) is 20.5. The van der Waals surface area contributed by atoms with Gasteiger partial charge in [-0.2, -0.15) is 13.2 Å². The molecule has 1 aromatic heterocycles. The molecule has 0 amide bonds. The van der Waals surface area contributed by atoms with Gasteiger partial charge in [-0.1, -0.05) is 53.7 Å². The van der Waals surface area contributed by atoms with Gasteiger partial charge in [0, 0.05) is 29.8 Å². The summed E-state index contributed by atoms with van der Waals surface area (Å²) < 4.78 is 60.6. The molecule has 0 aliphatic carbocycles. The minimum Gasteiger partial charge on any atom is -0.449 e. The van der Waals surface area contributed by atoms with Crippen molar-refractivity contribution in [2.75, 3.05) is 0 Å². The number of carboxylic acid groups (broad SMARTS) is 1. The van der Waals surface area contributed by atoms with E-state index < -0.39 is 35.4 Å². The summed E-state index contributed by atoms with van der Waals surface area (Å²) in [5.41, 5.74) is 2.02. The first-order valence-electron chi connectivity index (χ1n) is 11.7. The Kier molecular flexibility index (Phi) is 7.94. The lowest BCUT2D eigenvalue weighted by Crippen LogP contribution is -2.16. The van der Waals surface area contributed by atoms with Gasteiger partial charge in [0.15, 0.2) is 11.6 Å². The normalized spacial score (nSPS) is 12.7. The Labute approximate surface area is 220 Å². The lowest BCUT2D eigenvalue weighted by Gasteiger charge is -2.23. The van der Waals surface area contributed by atoms with E-state index in [0.29, 0.717) is 27.9 Å². The molecule has 200 valence electrons. The molecule has 0 fully saturated rings. The van der Waals surface area contributed by atoms with Crippen LogP contribution in [0.25, 0.3) is 11.1 Å². The standard InChI is InChI=1S/C29H22F4N2O4/c1-17-14-21(12-13-34-17)26(35-38)16-23(22-4-2-3-5-24(22)29(31,32)33)19-8-6-18(7-9-19)20-10-11-27(25(30)15-20)39-28(36)37/h2-15,23,38H,16H2,1H3,(H,36,37)/b35-26+. The average Bonchev–Trinajstić information content (AvgIpc) is 2.90. The molecule has 1 atom stereocenters. The molecule has 0 bridgehead atoms. The lowest BCUT2D eigenvalue weighted by atomic mass is 9.82. The van der Waals surface area contributed by atoms with E-state index in [9.17, 15) is 27.6 Å². The Morgan fingerprint density at radius 1 is 1.00 bits per heavy atom. The van der Waals surface area contributed by atoms with E-state index in [1.165, 1.54) is 36.5 Å². The molecule has 0 aliphatic rings. The summed E-state index contributed by atoms with van der Waals surface area (Å²) in [5.74, 6) is -2.18. The summed E-state index contributed by atoms with van der Waals surface area (Å²) in [4.78, 5) is 14.8. The number of aromatic nitrogens is 1. The van der Waals surface area contributed by atoms with Crippen LogP contribution in [0.15, 0.2) is 90.2 Å². The van der Waals surface area contributed by atoms with Gasteiger partial charge in [0.1, 0.15) is 0 Å². The molecule has 1 heterocycles. The van der Waals surface area contributed by atoms with Gasteiger partial charge in [-0.15, -0.1) is 0 Å². The van der Waals surface area contributed by atoms with E-state index in [1.807, 2.05) is 0 Å². The number of ether oxygens (including phenoxy) is 1. The van der Waals surface area contributed by atoms with Crippen LogP contribution in [0.2, 0.25) is 0 Å². The Balaban J connectivity index is 1.75. The Morgan fingerprint density at radius 2 is 1.69 bits per heavy atom. The minimum atomic E-state index is -4.62. The zero-order chi connectivity index (χ0) is 28.2. The smallest absolute Gasteiger partial charge is 0.449 e. The highest BCUT2D eigenvalue weighted by molar-refractivity contribution is 6.01. The van der Waals surface area contributed by atoms with Gasteiger partial charge in [-0.25, -0.2) is 9.18 Å². The van der Waals surface area contributed by atoms with Gasteiger partial charge in [-0.05, 0) is 59.5 Å². The van der Waals surface area contributed by atoms with Crippen molar-refractivity contribution in [1.29, 1.82) is 0 Å². The van der Waals surface area contributed by atoms with Gasteiger partial charge in [0.05, 0.1) is 11.3 Å². The van der Waals surface area contributed by atoms with Crippen LogP contribution >= 0.6 is 0 Å². The maximum atomic E-state index is 14.3. The molecular weight excluding hydrogens is 516 g/mol. The summed E-state index contributed by atoms with van der Waals surface area (Å²) in [6, 6.07) is 18.8. The highest BCUT2D eigenvalue weighted by Crippen LogP contribution is 2.40. The maximum absolute atomic E-state index is 14.3. The van der Waals surface area contributed by atoms with Gasteiger partial charge < -0.3 is 15.1 Å². The number of aryl methyl sites for hydroxylation is 1.